The number of para-hydroxylation sites is 1. The zero-order valence-electron chi connectivity index (χ0n) is 10.8. The number of benzene rings is 1. The van der Waals surface area contributed by atoms with Crippen molar-refractivity contribution in [2.45, 2.75) is 0 Å². The fourth-order valence-corrected chi connectivity index (χ4v) is 1.78. The van der Waals surface area contributed by atoms with Crippen molar-refractivity contribution in [3.8, 4) is 0 Å². The lowest BCUT2D eigenvalue weighted by Crippen LogP contribution is -2.32. The highest BCUT2D eigenvalue weighted by Gasteiger charge is 2.04. The minimum absolute atomic E-state index is 0.0648. The SMILES string of the molecule is COCCNC(=O)CNc1cccc2cccnc12. The summed E-state index contributed by atoms with van der Waals surface area (Å²) in [7, 11) is 1.60. The summed E-state index contributed by atoms with van der Waals surface area (Å²) in [5.74, 6) is -0.0648. The van der Waals surface area contributed by atoms with Crippen molar-refractivity contribution in [2.75, 3.05) is 32.1 Å². The summed E-state index contributed by atoms with van der Waals surface area (Å²) in [5.41, 5.74) is 1.73. The largest absolute Gasteiger partial charge is 0.383 e. The maximum atomic E-state index is 11.6. The van der Waals surface area contributed by atoms with Gasteiger partial charge in [0.25, 0.3) is 0 Å². The Morgan fingerprint density at radius 3 is 3.00 bits per heavy atom. The standard InChI is InChI=1S/C14H17N3O2/c1-19-9-8-15-13(18)10-17-12-6-2-4-11-5-3-7-16-14(11)12/h2-7,17H,8-10H2,1H3,(H,15,18). The van der Waals surface area contributed by atoms with E-state index in [0.717, 1.165) is 16.6 Å². The van der Waals surface area contributed by atoms with E-state index < -0.39 is 0 Å². The summed E-state index contributed by atoms with van der Waals surface area (Å²) in [6.07, 6.45) is 1.74. The number of rotatable bonds is 6. The molecule has 2 aromatic rings. The number of methoxy groups -OCH3 is 1. The Bertz CT molecular complexity index is 552. The zero-order chi connectivity index (χ0) is 13.5. The second kappa shape index (κ2) is 6.70. The molecule has 0 aliphatic carbocycles. The number of nitrogens with one attached hydrogen (secondary N) is 2. The third-order valence-corrected chi connectivity index (χ3v) is 2.70. The fourth-order valence-electron chi connectivity index (χ4n) is 1.78. The highest BCUT2D eigenvalue weighted by atomic mass is 16.5. The summed E-state index contributed by atoms with van der Waals surface area (Å²) < 4.78 is 4.87. The quantitative estimate of drug-likeness (QED) is 0.770. The molecular weight excluding hydrogens is 242 g/mol. The Hall–Kier alpha value is -2.14. The van der Waals surface area contributed by atoms with Crippen LogP contribution in [0.1, 0.15) is 0 Å². The first-order valence-corrected chi connectivity index (χ1v) is 6.14. The van der Waals surface area contributed by atoms with Crippen LogP contribution in [0.2, 0.25) is 0 Å². The number of hydrogen-bond donors (Lipinski definition) is 2. The normalized spacial score (nSPS) is 10.4. The molecule has 1 amide bonds. The number of hydrogen-bond acceptors (Lipinski definition) is 4. The minimum Gasteiger partial charge on any atom is -0.383 e. The number of pyridine rings is 1. The van der Waals surface area contributed by atoms with E-state index in [1.165, 1.54) is 0 Å². The van der Waals surface area contributed by atoms with Gasteiger partial charge in [-0.25, -0.2) is 0 Å². The van der Waals surface area contributed by atoms with Gasteiger partial charge in [-0.3, -0.25) is 9.78 Å². The molecule has 0 unspecified atom stereocenters. The highest BCUT2D eigenvalue weighted by Crippen LogP contribution is 2.19. The fraction of sp³-hybridized carbons (Fsp3) is 0.286. The van der Waals surface area contributed by atoms with E-state index in [4.69, 9.17) is 4.74 Å². The summed E-state index contributed by atoms with van der Waals surface area (Å²) >= 11 is 0. The Balaban J connectivity index is 1.96. The number of fused-ring (bicyclic) bond motifs is 1. The van der Waals surface area contributed by atoms with Gasteiger partial charge in [0.1, 0.15) is 0 Å². The van der Waals surface area contributed by atoms with E-state index in [1.807, 2.05) is 30.3 Å². The van der Waals surface area contributed by atoms with Crippen molar-refractivity contribution in [1.29, 1.82) is 0 Å². The zero-order valence-corrected chi connectivity index (χ0v) is 10.8. The van der Waals surface area contributed by atoms with Crippen molar-refractivity contribution < 1.29 is 9.53 Å². The van der Waals surface area contributed by atoms with E-state index in [1.54, 1.807) is 13.3 Å². The summed E-state index contributed by atoms with van der Waals surface area (Å²) in [6, 6.07) is 9.73. The van der Waals surface area contributed by atoms with Gasteiger partial charge in [-0.15, -0.1) is 0 Å². The van der Waals surface area contributed by atoms with E-state index in [-0.39, 0.29) is 12.5 Å². The Kier molecular flexibility index (Phi) is 4.69. The minimum atomic E-state index is -0.0648. The van der Waals surface area contributed by atoms with Gasteiger partial charge in [0, 0.05) is 25.2 Å². The highest BCUT2D eigenvalue weighted by molar-refractivity contribution is 5.91. The molecule has 0 saturated carbocycles. The van der Waals surface area contributed by atoms with E-state index >= 15 is 0 Å². The molecule has 0 aliphatic heterocycles. The van der Waals surface area contributed by atoms with E-state index in [2.05, 4.69) is 15.6 Å². The summed E-state index contributed by atoms with van der Waals surface area (Å²) in [4.78, 5) is 15.9. The maximum Gasteiger partial charge on any atom is 0.239 e. The molecule has 100 valence electrons. The van der Waals surface area contributed by atoms with Crippen LogP contribution >= 0.6 is 0 Å². The molecule has 1 aromatic heterocycles. The first-order chi connectivity index (χ1) is 9.31. The molecule has 5 heteroatoms. The van der Waals surface area contributed by atoms with Gasteiger partial charge in [0.15, 0.2) is 0 Å². The van der Waals surface area contributed by atoms with Crippen molar-refractivity contribution in [2.24, 2.45) is 0 Å². The lowest BCUT2D eigenvalue weighted by molar-refractivity contribution is -0.119. The number of carbonyl (C=O) groups excluding carboxylic acids is 1. The maximum absolute atomic E-state index is 11.6. The van der Waals surface area contributed by atoms with Crippen LogP contribution in [0, 0.1) is 0 Å². The monoisotopic (exact) mass is 259 g/mol. The number of ether oxygens (including phenoxy) is 1. The average molecular weight is 259 g/mol. The molecule has 0 saturated heterocycles. The second-order valence-electron chi connectivity index (χ2n) is 4.08. The van der Waals surface area contributed by atoms with Crippen LogP contribution in [0.15, 0.2) is 36.5 Å². The van der Waals surface area contributed by atoms with Gasteiger partial charge < -0.3 is 15.4 Å². The second-order valence-corrected chi connectivity index (χ2v) is 4.08. The van der Waals surface area contributed by atoms with Crippen LogP contribution in [0.4, 0.5) is 5.69 Å². The third kappa shape index (κ3) is 3.66. The molecular formula is C14H17N3O2. The topological polar surface area (TPSA) is 63.2 Å². The van der Waals surface area contributed by atoms with Crippen LogP contribution in [0.5, 0.6) is 0 Å². The van der Waals surface area contributed by atoms with Crippen molar-refractivity contribution in [3.63, 3.8) is 0 Å². The molecule has 0 fully saturated rings. The predicted molar refractivity (Wildman–Crippen MR) is 75.1 cm³/mol. The molecule has 19 heavy (non-hydrogen) atoms. The molecule has 1 heterocycles. The van der Waals surface area contributed by atoms with Crippen LogP contribution < -0.4 is 10.6 Å². The van der Waals surface area contributed by atoms with Gasteiger partial charge >= 0.3 is 0 Å². The molecule has 0 radical (unpaired) electrons. The van der Waals surface area contributed by atoms with Crippen LogP contribution in [0.25, 0.3) is 10.9 Å². The number of nitrogens with zero attached hydrogens (tertiary/aromatic N) is 1. The van der Waals surface area contributed by atoms with Gasteiger partial charge in [0.05, 0.1) is 24.4 Å². The molecule has 0 atom stereocenters. The van der Waals surface area contributed by atoms with E-state index in [9.17, 15) is 4.79 Å². The van der Waals surface area contributed by atoms with Gasteiger partial charge in [-0.05, 0) is 12.1 Å². The Morgan fingerprint density at radius 1 is 1.32 bits per heavy atom. The van der Waals surface area contributed by atoms with Gasteiger partial charge in [-0.1, -0.05) is 18.2 Å². The first-order valence-electron chi connectivity index (χ1n) is 6.14. The van der Waals surface area contributed by atoms with Crippen molar-refractivity contribution in [1.82, 2.24) is 10.3 Å². The summed E-state index contributed by atoms with van der Waals surface area (Å²) in [6.45, 7) is 1.26. The predicted octanol–water partition coefficient (Wildman–Crippen LogP) is 1.41. The van der Waals surface area contributed by atoms with Gasteiger partial charge in [-0.2, -0.15) is 0 Å². The average Bonchev–Trinajstić information content (AvgIpc) is 2.45. The first kappa shape index (κ1) is 13.3. The van der Waals surface area contributed by atoms with Crippen LogP contribution in [-0.2, 0) is 9.53 Å². The Labute approximate surface area is 112 Å². The Morgan fingerprint density at radius 2 is 2.16 bits per heavy atom. The molecule has 2 N–H and O–H groups in total. The molecule has 1 aromatic carbocycles. The van der Waals surface area contributed by atoms with Crippen molar-refractivity contribution >= 4 is 22.5 Å². The van der Waals surface area contributed by atoms with Crippen molar-refractivity contribution in [3.05, 3.63) is 36.5 Å². The lowest BCUT2D eigenvalue weighted by Gasteiger charge is -2.09. The molecule has 0 aliphatic rings. The number of amides is 1. The molecule has 5 nitrogen and oxygen atoms in total. The number of carbonyl (C=O) groups is 1. The number of aromatic nitrogens is 1. The van der Waals surface area contributed by atoms with Crippen LogP contribution in [-0.4, -0.2) is 37.7 Å². The van der Waals surface area contributed by atoms with E-state index in [0.29, 0.717) is 13.2 Å². The van der Waals surface area contributed by atoms with Crippen LogP contribution in [0.3, 0.4) is 0 Å². The third-order valence-electron chi connectivity index (χ3n) is 2.70. The molecule has 0 spiro atoms. The smallest absolute Gasteiger partial charge is 0.239 e. The van der Waals surface area contributed by atoms with Gasteiger partial charge in [0.2, 0.25) is 5.91 Å². The number of anilines is 1. The molecule has 2 rings (SSSR count). The lowest BCUT2D eigenvalue weighted by atomic mass is 10.2. The molecule has 0 bridgehead atoms. The summed E-state index contributed by atoms with van der Waals surface area (Å²) in [5, 5.41) is 6.90.